The number of allylic oxidation sites excluding steroid dienone is 1. The van der Waals surface area contributed by atoms with Gasteiger partial charge in [0.2, 0.25) is 5.91 Å². The molecule has 1 amide bonds. The molecule has 0 aromatic carbocycles. The van der Waals surface area contributed by atoms with Gasteiger partial charge in [-0.15, -0.1) is 0 Å². The van der Waals surface area contributed by atoms with Crippen molar-refractivity contribution < 1.29 is 18.0 Å². The molecule has 1 N–H and O–H groups in total. The van der Waals surface area contributed by atoms with Crippen molar-refractivity contribution in [3.63, 3.8) is 0 Å². The number of anilines is 1. The lowest BCUT2D eigenvalue weighted by Gasteiger charge is -2.34. The third-order valence-corrected chi connectivity index (χ3v) is 8.49. The summed E-state index contributed by atoms with van der Waals surface area (Å²) in [6.07, 6.45) is 8.13. The first-order valence-corrected chi connectivity index (χ1v) is 14.6. The van der Waals surface area contributed by atoms with Gasteiger partial charge in [0.05, 0.1) is 5.69 Å². The maximum absolute atomic E-state index is 13.3. The summed E-state index contributed by atoms with van der Waals surface area (Å²) in [6, 6.07) is 10.5. The molecule has 0 bridgehead atoms. The standard InChI is InChI=1S/C31H34F3N7O/c32-31(33,34)27-3-1-4-28(39-27)40-16-11-22(12-17-40)30(42)41-18-13-25(20-41)38-24-8-5-21(6-9-24)26-10-7-23(19-37-26)29-35-14-2-15-36-29/h1-5,7,10,14-15,19,22,24-25,38H,6,8-9,11-13,16-18,20H2/t24?,25-/m0/s1. The van der Waals surface area contributed by atoms with Crippen LogP contribution in [0.3, 0.4) is 0 Å². The summed E-state index contributed by atoms with van der Waals surface area (Å²) < 4.78 is 39.2. The Kier molecular flexibility index (Phi) is 8.19. The summed E-state index contributed by atoms with van der Waals surface area (Å²) in [5.74, 6) is 1.05. The number of nitrogens with zero attached hydrogens (tertiary/aromatic N) is 6. The summed E-state index contributed by atoms with van der Waals surface area (Å²) >= 11 is 0. The molecule has 11 heteroatoms. The Morgan fingerprint density at radius 3 is 2.40 bits per heavy atom. The molecule has 3 aromatic rings. The molecule has 1 aliphatic carbocycles. The second-order valence-corrected chi connectivity index (χ2v) is 11.3. The number of amides is 1. The van der Waals surface area contributed by atoms with Gasteiger partial charge in [-0.3, -0.25) is 9.78 Å². The second-order valence-electron chi connectivity index (χ2n) is 11.3. The Morgan fingerprint density at radius 2 is 1.71 bits per heavy atom. The van der Waals surface area contributed by atoms with E-state index in [1.165, 1.54) is 11.6 Å². The molecule has 0 radical (unpaired) electrons. The Bertz CT molecular complexity index is 1410. The number of nitrogens with one attached hydrogen (secondary N) is 1. The first-order valence-electron chi connectivity index (χ1n) is 14.6. The van der Waals surface area contributed by atoms with E-state index in [9.17, 15) is 18.0 Å². The number of rotatable bonds is 6. The van der Waals surface area contributed by atoms with Crippen LogP contribution in [0.4, 0.5) is 19.0 Å². The summed E-state index contributed by atoms with van der Waals surface area (Å²) in [5, 5.41) is 3.77. The van der Waals surface area contributed by atoms with Crippen molar-refractivity contribution >= 4 is 17.3 Å². The van der Waals surface area contributed by atoms with Crippen LogP contribution in [0, 0.1) is 5.92 Å². The van der Waals surface area contributed by atoms with Gasteiger partial charge in [-0.05, 0) is 74.4 Å². The van der Waals surface area contributed by atoms with Crippen molar-refractivity contribution in [3.8, 4) is 11.4 Å². The van der Waals surface area contributed by atoms with Gasteiger partial charge in [-0.2, -0.15) is 13.2 Å². The maximum Gasteiger partial charge on any atom is 0.433 e. The lowest BCUT2D eigenvalue weighted by Crippen LogP contribution is -2.44. The molecule has 42 heavy (non-hydrogen) atoms. The van der Waals surface area contributed by atoms with Gasteiger partial charge >= 0.3 is 6.18 Å². The molecule has 5 heterocycles. The minimum atomic E-state index is -4.47. The van der Waals surface area contributed by atoms with E-state index < -0.39 is 11.9 Å². The smallest absolute Gasteiger partial charge is 0.357 e. The zero-order valence-corrected chi connectivity index (χ0v) is 23.3. The number of carbonyl (C=O) groups is 1. The molecule has 3 aromatic heterocycles. The number of aromatic nitrogens is 4. The zero-order chi connectivity index (χ0) is 29.1. The molecule has 2 saturated heterocycles. The Morgan fingerprint density at radius 1 is 0.905 bits per heavy atom. The fraction of sp³-hybridized carbons (Fsp3) is 0.452. The number of alkyl halides is 3. The first kappa shape index (κ1) is 28.3. The summed E-state index contributed by atoms with van der Waals surface area (Å²) in [5.41, 5.74) is 2.25. The molecule has 220 valence electrons. The maximum atomic E-state index is 13.3. The highest BCUT2D eigenvalue weighted by atomic mass is 19.4. The Hall–Kier alpha value is -3.86. The summed E-state index contributed by atoms with van der Waals surface area (Å²) in [7, 11) is 0. The highest BCUT2D eigenvalue weighted by Crippen LogP contribution is 2.31. The van der Waals surface area contributed by atoms with Crippen LogP contribution in [0.25, 0.3) is 17.0 Å². The quantitative estimate of drug-likeness (QED) is 0.442. The van der Waals surface area contributed by atoms with Crippen molar-refractivity contribution in [2.24, 2.45) is 5.92 Å². The molecular weight excluding hydrogens is 543 g/mol. The van der Waals surface area contributed by atoms with Gasteiger partial charge < -0.3 is 15.1 Å². The van der Waals surface area contributed by atoms with E-state index in [4.69, 9.17) is 0 Å². The minimum Gasteiger partial charge on any atom is -0.357 e. The Labute approximate surface area is 243 Å². The predicted molar refractivity (Wildman–Crippen MR) is 153 cm³/mol. The first-order chi connectivity index (χ1) is 20.3. The molecule has 2 aliphatic heterocycles. The van der Waals surface area contributed by atoms with Crippen LogP contribution in [0.1, 0.15) is 49.9 Å². The molecule has 0 spiro atoms. The molecule has 2 atom stereocenters. The van der Waals surface area contributed by atoms with Crippen molar-refractivity contribution in [1.29, 1.82) is 0 Å². The van der Waals surface area contributed by atoms with Crippen molar-refractivity contribution in [1.82, 2.24) is 30.2 Å². The van der Waals surface area contributed by atoms with E-state index in [-0.39, 0.29) is 17.9 Å². The molecule has 3 aliphatic rings. The monoisotopic (exact) mass is 577 g/mol. The van der Waals surface area contributed by atoms with Gasteiger partial charge in [0.25, 0.3) is 0 Å². The van der Waals surface area contributed by atoms with Gasteiger partial charge in [0.15, 0.2) is 5.82 Å². The summed E-state index contributed by atoms with van der Waals surface area (Å²) in [4.78, 5) is 34.1. The van der Waals surface area contributed by atoms with Gasteiger partial charge in [0, 0.05) is 68.3 Å². The molecular formula is C31H34F3N7O. The number of piperidine rings is 1. The predicted octanol–water partition coefficient (Wildman–Crippen LogP) is 5.00. The third-order valence-electron chi connectivity index (χ3n) is 8.49. The second kappa shape index (κ2) is 12.2. The lowest BCUT2D eigenvalue weighted by atomic mass is 9.92. The highest BCUT2D eigenvalue weighted by Gasteiger charge is 2.35. The van der Waals surface area contributed by atoms with Crippen LogP contribution >= 0.6 is 0 Å². The molecule has 0 saturated carbocycles. The average Bonchev–Trinajstić information content (AvgIpc) is 3.50. The highest BCUT2D eigenvalue weighted by molar-refractivity contribution is 5.79. The van der Waals surface area contributed by atoms with Crippen molar-refractivity contribution in [3.05, 3.63) is 72.5 Å². The number of hydrogen-bond donors (Lipinski definition) is 1. The normalized spacial score (nSPS) is 21.8. The van der Waals surface area contributed by atoms with E-state index in [1.807, 2.05) is 28.1 Å². The van der Waals surface area contributed by atoms with E-state index in [2.05, 4.69) is 31.3 Å². The van der Waals surface area contributed by atoms with Crippen LogP contribution in [-0.4, -0.2) is 69.0 Å². The fourth-order valence-electron chi connectivity index (χ4n) is 6.18. The zero-order valence-electron chi connectivity index (χ0n) is 23.3. The molecule has 8 nitrogen and oxygen atoms in total. The van der Waals surface area contributed by atoms with E-state index in [0.717, 1.165) is 49.6 Å². The molecule has 6 rings (SSSR count). The number of pyridine rings is 2. The van der Waals surface area contributed by atoms with Crippen molar-refractivity contribution in [2.45, 2.75) is 56.8 Å². The van der Waals surface area contributed by atoms with E-state index >= 15 is 0 Å². The summed E-state index contributed by atoms with van der Waals surface area (Å²) in [6.45, 7) is 2.48. The number of carbonyl (C=O) groups excluding carboxylic acids is 1. The van der Waals surface area contributed by atoms with E-state index in [0.29, 0.717) is 50.2 Å². The van der Waals surface area contributed by atoms with Crippen LogP contribution in [0.5, 0.6) is 0 Å². The van der Waals surface area contributed by atoms with Gasteiger partial charge in [-0.25, -0.2) is 15.0 Å². The largest absolute Gasteiger partial charge is 0.433 e. The van der Waals surface area contributed by atoms with Crippen molar-refractivity contribution in [2.75, 3.05) is 31.1 Å². The van der Waals surface area contributed by atoms with Crippen LogP contribution in [0.2, 0.25) is 0 Å². The molecule has 1 unspecified atom stereocenters. The average molecular weight is 578 g/mol. The van der Waals surface area contributed by atoms with Crippen LogP contribution < -0.4 is 10.2 Å². The van der Waals surface area contributed by atoms with E-state index in [1.54, 1.807) is 24.5 Å². The van der Waals surface area contributed by atoms with Crippen LogP contribution in [-0.2, 0) is 11.0 Å². The number of likely N-dealkylation sites (tertiary alicyclic amines) is 1. The Balaban J connectivity index is 0.960. The third kappa shape index (κ3) is 6.46. The number of hydrogen-bond acceptors (Lipinski definition) is 7. The molecule has 2 fully saturated rings. The fourth-order valence-corrected chi connectivity index (χ4v) is 6.18. The number of halogens is 3. The SMILES string of the molecule is O=C(C1CCN(c2cccc(C(F)(F)F)n2)CC1)N1CC[C@H](NC2CC=C(c3ccc(-c4ncccn4)cn3)CC2)C1. The lowest BCUT2D eigenvalue weighted by molar-refractivity contribution is -0.141. The van der Waals surface area contributed by atoms with Crippen LogP contribution in [0.15, 0.2) is 61.1 Å². The topological polar surface area (TPSA) is 87.1 Å². The van der Waals surface area contributed by atoms with Gasteiger partial charge in [0.1, 0.15) is 11.5 Å². The van der Waals surface area contributed by atoms with Gasteiger partial charge in [-0.1, -0.05) is 12.1 Å². The minimum absolute atomic E-state index is 0.0988.